The standard InChI is InChI=1S/C16H21FN4O4S/c1-19(26(2,24)25)14-6-9-21(15(14)22)13-5-4-11(10-12(13)17)20-8-3-7-18-16(20)23/h4-5,10,14H,3,6-9H2,1-2H3,(H,18,23). The van der Waals surface area contributed by atoms with Crippen molar-refractivity contribution < 1.29 is 22.4 Å². The summed E-state index contributed by atoms with van der Waals surface area (Å²) in [4.78, 5) is 27.1. The lowest BCUT2D eigenvalue weighted by Gasteiger charge is -2.28. The summed E-state index contributed by atoms with van der Waals surface area (Å²) in [6, 6.07) is 3.14. The molecule has 3 amide bonds. The molecule has 2 aliphatic rings. The van der Waals surface area contributed by atoms with Crippen LogP contribution in [0.15, 0.2) is 18.2 Å². The van der Waals surface area contributed by atoms with Crippen molar-refractivity contribution in [2.75, 3.05) is 42.7 Å². The van der Waals surface area contributed by atoms with Gasteiger partial charge in [0.05, 0.1) is 11.9 Å². The zero-order valence-electron chi connectivity index (χ0n) is 14.6. The van der Waals surface area contributed by atoms with E-state index in [9.17, 15) is 22.4 Å². The number of carbonyl (C=O) groups is 2. The summed E-state index contributed by atoms with van der Waals surface area (Å²) in [5, 5.41) is 2.70. The van der Waals surface area contributed by atoms with E-state index < -0.39 is 27.8 Å². The lowest BCUT2D eigenvalue weighted by molar-refractivity contribution is -0.120. The molecule has 0 saturated carbocycles. The maximum absolute atomic E-state index is 14.6. The third-order valence-electron chi connectivity index (χ3n) is 4.75. The highest BCUT2D eigenvalue weighted by Crippen LogP contribution is 2.30. The van der Waals surface area contributed by atoms with Gasteiger partial charge in [0.2, 0.25) is 15.9 Å². The molecule has 2 heterocycles. The second-order valence-electron chi connectivity index (χ2n) is 6.45. The molecule has 1 atom stereocenters. The Morgan fingerprint density at radius 2 is 1.96 bits per heavy atom. The Bertz CT molecular complexity index is 845. The van der Waals surface area contributed by atoms with Crippen molar-refractivity contribution in [2.45, 2.75) is 18.9 Å². The minimum Gasteiger partial charge on any atom is -0.338 e. The number of benzene rings is 1. The van der Waals surface area contributed by atoms with Gasteiger partial charge in [-0.1, -0.05) is 0 Å². The van der Waals surface area contributed by atoms with E-state index in [0.717, 1.165) is 17.0 Å². The minimum absolute atomic E-state index is 0.0839. The molecule has 0 aromatic heterocycles. The topological polar surface area (TPSA) is 90.0 Å². The second-order valence-corrected chi connectivity index (χ2v) is 8.49. The van der Waals surface area contributed by atoms with Gasteiger partial charge in [-0.15, -0.1) is 0 Å². The third-order valence-corrected chi connectivity index (χ3v) is 6.05. The summed E-state index contributed by atoms with van der Waals surface area (Å²) in [6.45, 7) is 1.31. The van der Waals surface area contributed by atoms with Crippen LogP contribution in [0.25, 0.3) is 0 Å². The molecule has 2 fully saturated rings. The van der Waals surface area contributed by atoms with Crippen LogP contribution >= 0.6 is 0 Å². The third kappa shape index (κ3) is 3.38. The van der Waals surface area contributed by atoms with E-state index in [1.807, 2.05) is 0 Å². The van der Waals surface area contributed by atoms with Gasteiger partial charge in [-0.25, -0.2) is 17.6 Å². The number of nitrogens with zero attached hydrogens (tertiary/aromatic N) is 3. The summed E-state index contributed by atoms with van der Waals surface area (Å²) in [5.74, 6) is -1.09. The largest absolute Gasteiger partial charge is 0.338 e. The van der Waals surface area contributed by atoms with Crippen LogP contribution in [-0.4, -0.2) is 63.6 Å². The van der Waals surface area contributed by atoms with E-state index in [1.54, 1.807) is 6.07 Å². The molecular weight excluding hydrogens is 363 g/mol. The lowest BCUT2D eigenvalue weighted by Crippen LogP contribution is -2.46. The minimum atomic E-state index is -3.52. The fraction of sp³-hybridized carbons (Fsp3) is 0.500. The van der Waals surface area contributed by atoms with Gasteiger partial charge in [-0.05, 0) is 31.0 Å². The first kappa shape index (κ1) is 18.6. The highest BCUT2D eigenvalue weighted by atomic mass is 32.2. The van der Waals surface area contributed by atoms with E-state index >= 15 is 0 Å². The Kier molecular flexibility index (Phi) is 4.89. The van der Waals surface area contributed by atoms with Gasteiger partial charge in [0.25, 0.3) is 0 Å². The van der Waals surface area contributed by atoms with Crippen molar-refractivity contribution >= 4 is 33.3 Å². The molecule has 8 nitrogen and oxygen atoms in total. The van der Waals surface area contributed by atoms with E-state index in [1.165, 1.54) is 29.0 Å². The molecule has 2 saturated heterocycles. The van der Waals surface area contributed by atoms with Crippen LogP contribution in [0, 0.1) is 5.82 Å². The Morgan fingerprint density at radius 3 is 2.58 bits per heavy atom. The van der Waals surface area contributed by atoms with Crippen LogP contribution in [0.1, 0.15) is 12.8 Å². The smallest absolute Gasteiger partial charge is 0.321 e. The van der Waals surface area contributed by atoms with Gasteiger partial charge in [0.15, 0.2) is 0 Å². The van der Waals surface area contributed by atoms with Crippen LogP contribution in [0.2, 0.25) is 0 Å². The number of sulfonamides is 1. The van der Waals surface area contributed by atoms with E-state index in [0.29, 0.717) is 18.8 Å². The van der Waals surface area contributed by atoms with Gasteiger partial charge >= 0.3 is 6.03 Å². The van der Waals surface area contributed by atoms with Crippen molar-refractivity contribution in [3.05, 3.63) is 24.0 Å². The van der Waals surface area contributed by atoms with Crippen LogP contribution in [0.3, 0.4) is 0 Å². The Balaban J connectivity index is 1.82. The number of rotatable bonds is 4. The maximum Gasteiger partial charge on any atom is 0.321 e. The molecule has 2 aliphatic heterocycles. The summed E-state index contributed by atoms with van der Waals surface area (Å²) in [5.41, 5.74) is 0.500. The number of hydrogen-bond donors (Lipinski definition) is 1. The summed E-state index contributed by atoms with van der Waals surface area (Å²) < 4.78 is 39.0. The van der Waals surface area contributed by atoms with Crippen LogP contribution < -0.4 is 15.1 Å². The monoisotopic (exact) mass is 384 g/mol. The lowest BCUT2D eigenvalue weighted by atomic mass is 10.2. The zero-order chi connectivity index (χ0) is 19.1. The first-order valence-corrected chi connectivity index (χ1v) is 10.1. The number of likely N-dealkylation sites (N-methyl/N-ethyl adjacent to an activating group) is 1. The molecule has 0 spiro atoms. The number of anilines is 2. The first-order valence-electron chi connectivity index (χ1n) is 8.29. The SMILES string of the molecule is CN(C1CCN(c2ccc(N3CCCNC3=O)cc2F)C1=O)S(C)(=O)=O. The maximum atomic E-state index is 14.6. The van der Waals surface area contributed by atoms with E-state index in [4.69, 9.17) is 0 Å². The molecule has 26 heavy (non-hydrogen) atoms. The molecule has 10 heteroatoms. The van der Waals surface area contributed by atoms with E-state index in [2.05, 4.69) is 5.32 Å². The number of carbonyl (C=O) groups excluding carboxylic acids is 2. The average molecular weight is 384 g/mol. The van der Waals surface area contributed by atoms with Gasteiger partial charge in [0.1, 0.15) is 11.9 Å². The molecular formula is C16H21FN4O4S. The van der Waals surface area contributed by atoms with Gasteiger partial charge in [-0.3, -0.25) is 9.69 Å². The van der Waals surface area contributed by atoms with Gasteiger partial charge < -0.3 is 10.2 Å². The Labute approximate surface area is 151 Å². The quantitative estimate of drug-likeness (QED) is 0.829. The highest BCUT2D eigenvalue weighted by Gasteiger charge is 2.39. The molecule has 1 unspecified atom stereocenters. The number of nitrogens with one attached hydrogen (secondary N) is 1. The molecule has 1 aromatic rings. The number of amides is 3. The van der Waals surface area contributed by atoms with Gasteiger partial charge in [-0.2, -0.15) is 4.31 Å². The molecule has 0 aliphatic carbocycles. The average Bonchev–Trinajstić information content (AvgIpc) is 2.95. The molecule has 0 radical (unpaired) electrons. The second kappa shape index (κ2) is 6.84. The van der Waals surface area contributed by atoms with Crippen molar-refractivity contribution in [3.8, 4) is 0 Å². The zero-order valence-corrected chi connectivity index (χ0v) is 15.4. The van der Waals surface area contributed by atoms with Crippen molar-refractivity contribution in [1.82, 2.24) is 9.62 Å². The van der Waals surface area contributed by atoms with Crippen molar-refractivity contribution in [1.29, 1.82) is 0 Å². The summed E-state index contributed by atoms with van der Waals surface area (Å²) in [6.07, 6.45) is 2.08. The predicted molar refractivity (Wildman–Crippen MR) is 95.1 cm³/mol. The molecule has 3 rings (SSSR count). The number of hydrogen-bond acceptors (Lipinski definition) is 4. The fourth-order valence-corrected chi connectivity index (χ4v) is 3.89. The molecule has 0 bridgehead atoms. The van der Waals surface area contributed by atoms with Crippen molar-refractivity contribution in [2.24, 2.45) is 0 Å². The van der Waals surface area contributed by atoms with Crippen LogP contribution in [0.5, 0.6) is 0 Å². The Morgan fingerprint density at radius 1 is 1.23 bits per heavy atom. The van der Waals surface area contributed by atoms with Crippen molar-refractivity contribution in [3.63, 3.8) is 0 Å². The molecule has 1 aromatic carbocycles. The molecule has 142 valence electrons. The Hall–Kier alpha value is -2.20. The summed E-state index contributed by atoms with van der Waals surface area (Å²) >= 11 is 0. The van der Waals surface area contributed by atoms with Crippen LogP contribution in [0.4, 0.5) is 20.6 Å². The fourth-order valence-electron chi connectivity index (χ4n) is 3.23. The summed E-state index contributed by atoms with van der Waals surface area (Å²) in [7, 11) is -2.18. The van der Waals surface area contributed by atoms with Gasteiger partial charge in [0, 0.05) is 32.4 Å². The highest BCUT2D eigenvalue weighted by molar-refractivity contribution is 7.88. The molecule has 1 N–H and O–H groups in total. The van der Waals surface area contributed by atoms with E-state index in [-0.39, 0.29) is 24.7 Å². The first-order chi connectivity index (χ1) is 12.2. The number of halogens is 1. The number of urea groups is 1. The van der Waals surface area contributed by atoms with Crippen LogP contribution in [-0.2, 0) is 14.8 Å². The predicted octanol–water partition coefficient (Wildman–Crippen LogP) is 0.742. The normalized spacial score (nSPS) is 21.5.